The Morgan fingerprint density at radius 3 is 2.31 bits per heavy atom. The van der Waals surface area contributed by atoms with Gasteiger partial charge in [-0.2, -0.15) is 22.9 Å². The van der Waals surface area contributed by atoms with Gasteiger partial charge in [0.15, 0.2) is 0 Å². The molecule has 0 spiro atoms. The molecule has 184 valence electrons. The second-order valence-corrected chi connectivity index (χ2v) is 8.36. The standard InChI is InChI=1S/C22H22F3N7O2S/c23-22(24,25)20-27-30(16-29-12-10-28(11-13-29)15-17-6-2-1-3-7-17)21(35)31(20)26-14-18-8-4-5-9-19(18)32(33)34/h1-9,14H,10-13,15-16H2/b26-14+. The number of nitro benzene ring substituents is 1. The van der Waals surface area contributed by atoms with E-state index in [1.54, 1.807) is 0 Å². The summed E-state index contributed by atoms with van der Waals surface area (Å²) in [5, 5.41) is 18.7. The highest BCUT2D eigenvalue weighted by Gasteiger charge is 2.39. The van der Waals surface area contributed by atoms with Crippen LogP contribution in [-0.4, -0.2) is 61.6 Å². The lowest BCUT2D eigenvalue weighted by Gasteiger charge is -2.34. The van der Waals surface area contributed by atoms with E-state index in [0.29, 0.717) is 17.8 Å². The number of halogens is 3. The van der Waals surface area contributed by atoms with Crippen molar-refractivity contribution in [3.63, 3.8) is 0 Å². The number of aromatic nitrogens is 3. The van der Waals surface area contributed by atoms with Crippen molar-refractivity contribution >= 4 is 24.1 Å². The summed E-state index contributed by atoms with van der Waals surface area (Å²) in [5.41, 5.74) is 0.972. The Labute approximate surface area is 203 Å². The summed E-state index contributed by atoms with van der Waals surface area (Å²) in [6.45, 7) is 3.68. The van der Waals surface area contributed by atoms with Gasteiger partial charge < -0.3 is 0 Å². The Kier molecular flexibility index (Phi) is 7.38. The predicted octanol–water partition coefficient (Wildman–Crippen LogP) is 4.00. The lowest BCUT2D eigenvalue weighted by molar-refractivity contribution is -0.385. The summed E-state index contributed by atoms with van der Waals surface area (Å²) in [5.74, 6) is -1.29. The number of hydrogen-bond donors (Lipinski definition) is 0. The van der Waals surface area contributed by atoms with E-state index in [0.717, 1.165) is 30.5 Å². The molecule has 2 aromatic carbocycles. The van der Waals surface area contributed by atoms with E-state index in [1.165, 1.54) is 29.8 Å². The average molecular weight is 506 g/mol. The lowest BCUT2D eigenvalue weighted by atomic mass is 10.2. The van der Waals surface area contributed by atoms with Gasteiger partial charge in [0.25, 0.3) is 11.5 Å². The van der Waals surface area contributed by atoms with Crippen LogP contribution in [0.1, 0.15) is 17.0 Å². The van der Waals surface area contributed by atoms with Gasteiger partial charge in [-0.3, -0.25) is 19.9 Å². The maximum absolute atomic E-state index is 13.7. The molecule has 0 saturated carbocycles. The van der Waals surface area contributed by atoms with Crippen LogP contribution in [0.5, 0.6) is 0 Å². The molecule has 1 aromatic heterocycles. The number of nitrogens with zero attached hydrogens (tertiary/aromatic N) is 7. The Bertz CT molecular complexity index is 1270. The van der Waals surface area contributed by atoms with E-state index in [4.69, 9.17) is 12.2 Å². The number of para-hydroxylation sites is 1. The topological polar surface area (TPSA) is 84.7 Å². The Morgan fingerprint density at radius 2 is 1.66 bits per heavy atom. The fraction of sp³-hybridized carbons (Fsp3) is 0.318. The number of nitro groups is 1. The van der Waals surface area contributed by atoms with Crippen LogP contribution in [-0.2, 0) is 19.4 Å². The number of piperazine rings is 1. The fourth-order valence-corrected chi connectivity index (χ4v) is 4.01. The molecule has 35 heavy (non-hydrogen) atoms. The van der Waals surface area contributed by atoms with Crippen molar-refractivity contribution in [2.24, 2.45) is 5.10 Å². The molecular formula is C22H22F3N7O2S. The third-order valence-electron chi connectivity index (χ3n) is 5.57. The van der Waals surface area contributed by atoms with Gasteiger partial charge in [0.2, 0.25) is 4.77 Å². The first-order valence-electron chi connectivity index (χ1n) is 10.8. The van der Waals surface area contributed by atoms with Crippen LogP contribution in [0, 0.1) is 14.9 Å². The second-order valence-electron chi connectivity index (χ2n) is 8.00. The summed E-state index contributed by atoms with van der Waals surface area (Å²) in [6, 6.07) is 15.7. The largest absolute Gasteiger partial charge is 0.453 e. The molecule has 1 saturated heterocycles. The third kappa shape index (κ3) is 5.99. The van der Waals surface area contributed by atoms with Crippen LogP contribution < -0.4 is 0 Å². The lowest BCUT2D eigenvalue weighted by Crippen LogP contribution is -2.46. The van der Waals surface area contributed by atoms with E-state index in [9.17, 15) is 23.3 Å². The zero-order valence-electron chi connectivity index (χ0n) is 18.5. The molecule has 0 atom stereocenters. The first kappa shape index (κ1) is 24.7. The molecule has 4 rings (SSSR count). The molecule has 0 N–H and O–H groups in total. The van der Waals surface area contributed by atoms with Gasteiger partial charge in [-0.15, -0.1) is 5.10 Å². The maximum atomic E-state index is 13.7. The van der Waals surface area contributed by atoms with E-state index in [2.05, 4.69) is 27.2 Å². The van der Waals surface area contributed by atoms with Gasteiger partial charge in [-0.05, 0) is 23.8 Å². The highest BCUT2D eigenvalue weighted by Crippen LogP contribution is 2.28. The first-order chi connectivity index (χ1) is 16.7. The maximum Gasteiger partial charge on any atom is 0.453 e. The molecular weight excluding hydrogens is 483 g/mol. The molecule has 2 heterocycles. The van der Waals surface area contributed by atoms with Crippen LogP contribution in [0.25, 0.3) is 0 Å². The zero-order chi connectivity index (χ0) is 25.0. The number of alkyl halides is 3. The number of benzene rings is 2. The molecule has 0 bridgehead atoms. The molecule has 0 amide bonds. The SMILES string of the molecule is O=[N+]([O-])c1ccccc1/C=N/n1c(C(F)(F)F)nn(CN2CCN(Cc3ccccc3)CC2)c1=S. The monoisotopic (exact) mass is 505 g/mol. The summed E-state index contributed by atoms with van der Waals surface area (Å²) < 4.78 is 42.3. The highest BCUT2D eigenvalue weighted by atomic mass is 32.1. The summed E-state index contributed by atoms with van der Waals surface area (Å²) in [6.07, 6.45) is -3.83. The first-order valence-corrected chi connectivity index (χ1v) is 11.2. The predicted molar refractivity (Wildman–Crippen MR) is 125 cm³/mol. The highest BCUT2D eigenvalue weighted by molar-refractivity contribution is 7.71. The van der Waals surface area contributed by atoms with Crippen molar-refractivity contribution in [1.82, 2.24) is 24.3 Å². The Hall–Kier alpha value is -3.42. The molecule has 9 nitrogen and oxygen atoms in total. The minimum absolute atomic E-state index is 0.0508. The third-order valence-corrected chi connectivity index (χ3v) is 5.95. The zero-order valence-corrected chi connectivity index (χ0v) is 19.3. The smallest absolute Gasteiger partial charge is 0.297 e. The number of rotatable bonds is 7. The van der Waals surface area contributed by atoms with Crippen molar-refractivity contribution in [3.8, 4) is 0 Å². The molecule has 1 fully saturated rings. The Balaban J connectivity index is 1.50. The summed E-state index contributed by atoms with van der Waals surface area (Å²) >= 11 is 5.24. The molecule has 13 heteroatoms. The van der Waals surface area contributed by atoms with E-state index < -0.39 is 16.9 Å². The van der Waals surface area contributed by atoms with Crippen molar-refractivity contribution < 1.29 is 18.1 Å². The van der Waals surface area contributed by atoms with E-state index in [-0.39, 0.29) is 22.7 Å². The van der Waals surface area contributed by atoms with Crippen molar-refractivity contribution in [2.75, 3.05) is 26.2 Å². The molecule has 0 radical (unpaired) electrons. The second kappa shape index (κ2) is 10.5. The van der Waals surface area contributed by atoms with Crippen LogP contribution in [0.3, 0.4) is 0 Å². The molecule has 1 aliphatic heterocycles. The molecule has 1 aliphatic rings. The average Bonchev–Trinajstić information content (AvgIpc) is 3.15. The number of hydrogen-bond acceptors (Lipinski definition) is 7. The summed E-state index contributed by atoms with van der Waals surface area (Å²) in [4.78, 5) is 14.8. The quantitative estimate of drug-likeness (QED) is 0.209. The van der Waals surface area contributed by atoms with Gasteiger partial charge in [0, 0.05) is 38.8 Å². The minimum Gasteiger partial charge on any atom is -0.297 e. The van der Waals surface area contributed by atoms with Crippen LogP contribution in [0.2, 0.25) is 0 Å². The van der Waals surface area contributed by atoms with Crippen molar-refractivity contribution in [2.45, 2.75) is 19.4 Å². The van der Waals surface area contributed by atoms with Crippen LogP contribution in [0.15, 0.2) is 59.7 Å². The van der Waals surface area contributed by atoms with Crippen molar-refractivity contribution in [3.05, 3.63) is 86.4 Å². The molecule has 3 aromatic rings. The van der Waals surface area contributed by atoms with Crippen LogP contribution in [0.4, 0.5) is 18.9 Å². The van der Waals surface area contributed by atoms with Gasteiger partial charge in [-0.25, -0.2) is 4.68 Å². The fourth-order valence-electron chi connectivity index (χ4n) is 3.78. The van der Waals surface area contributed by atoms with Crippen molar-refractivity contribution in [1.29, 1.82) is 0 Å². The van der Waals surface area contributed by atoms with Gasteiger partial charge in [0.05, 0.1) is 23.4 Å². The Morgan fingerprint density at radius 1 is 1.03 bits per heavy atom. The van der Waals surface area contributed by atoms with Gasteiger partial charge in [0.1, 0.15) is 0 Å². The van der Waals surface area contributed by atoms with Gasteiger partial charge >= 0.3 is 6.18 Å². The van der Waals surface area contributed by atoms with E-state index in [1.807, 2.05) is 23.1 Å². The van der Waals surface area contributed by atoms with E-state index >= 15 is 0 Å². The van der Waals surface area contributed by atoms with Gasteiger partial charge in [-0.1, -0.05) is 42.5 Å². The molecule has 0 unspecified atom stereocenters. The summed E-state index contributed by atoms with van der Waals surface area (Å²) in [7, 11) is 0. The normalized spacial score (nSPS) is 15.6. The minimum atomic E-state index is -4.81. The van der Waals surface area contributed by atoms with Crippen LogP contribution >= 0.6 is 12.2 Å². The molecule has 0 aliphatic carbocycles.